The van der Waals surface area contributed by atoms with Gasteiger partial charge in [0.25, 0.3) is 5.91 Å². The molecule has 0 spiro atoms. The fourth-order valence-electron chi connectivity index (χ4n) is 2.51. The molecule has 0 heterocycles. The molecule has 2 rings (SSSR count). The summed E-state index contributed by atoms with van der Waals surface area (Å²) in [6.45, 7) is 1.69. The maximum atomic E-state index is 11.2. The normalized spacial score (nSPS) is 35.3. The van der Waals surface area contributed by atoms with Crippen LogP contribution in [0.5, 0.6) is 0 Å². The lowest BCUT2D eigenvalue weighted by Crippen LogP contribution is -2.25. The fraction of sp³-hybridized carbons (Fsp3) is 0.727. The molecule has 1 N–H and O–H groups in total. The summed E-state index contributed by atoms with van der Waals surface area (Å²) in [5, 5.41) is 2.98. The Morgan fingerprint density at radius 3 is 2.46 bits per heavy atom. The maximum Gasteiger partial charge on any atom is 0.296 e. The third kappa shape index (κ3) is 1.70. The molecule has 0 radical (unpaired) electrons. The van der Waals surface area contributed by atoms with Crippen LogP contribution < -0.4 is 5.32 Å². The molecule has 2 heteroatoms. The van der Waals surface area contributed by atoms with Gasteiger partial charge in [-0.15, -0.1) is 0 Å². The van der Waals surface area contributed by atoms with E-state index in [0.29, 0.717) is 6.04 Å². The third-order valence-corrected chi connectivity index (χ3v) is 3.19. The molecular weight excluding hydrogens is 162 g/mol. The Morgan fingerprint density at radius 1 is 1.31 bits per heavy atom. The van der Waals surface area contributed by atoms with Gasteiger partial charge in [-0.3, -0.25) is 4.79 Å². The van der Waals surface area contributed by atoms with Crippen molar-refractivity contribution in [3.63, 3.8) is 0 Å². The lowest BCUT2D eigenvalue weighted by atomic mass is 10.0. The Balaban J connectivity index is 1.83. The molecule has 2 unspecified atom stereocenters. The summed E-state index contributed by atoms with van der Waals surface area (Å²) in [6, 6.07) is 0.454. The maximum absolute atomic E-state index is 11.2. The van der Waals surface area contributed by atoms with Crippen molar-refractivity contribution in [3.8, 4) is 11.8 Å². The molecule has 2 atom stereocenters. The van der Waals surface area contributed by atoms with E-state index in [1.165, 1.54) is 25.7 Å². The molecule has 1 amide bonds. The third-order valence-electron chi connectivity index (χ3n) is 3.19. The first-order valence-electron chi connectivity index (χ1n) is 5.06. The standard InChI is InChI=1S/C11H15NO/c1-2-5-10(13)12-11-8-6-3-4-7-9(8)11/h8-9,11H,3-4,6-7H2,1H3,(H,12,13). The molecule has 13 heavy (non-hydrogen) atoms. The van der Waals surface area contributed by atoms with Crippen molar-refractivity contribution < 1.29 is 4.79 Å². The first-order valence-corrected chi connectivity index (χ1v) is 5.06. The quantitative estimate of drug-likeness (QED) is 0.601. The van der Waals surface area contributed by atoms with Gasteiger partial charge in [0.05, 0.1) is 0 Å². The van der Waals surface area contributed by atoms with Gasteiger partial charge in [0.1, 0.15) is 0 Å². The van der Waals surface area contributed by atoms with Crippen LogP contribution in [0.3, 0.4) is 0 Å². The first-order chi connectivity index (χ1) is 6.33. The van der Waals surface area contributed by atoms with Crippen LogP contribution in [0, 0.1) is 23.7 Å². The predicted octanol–water partition coefficient (Wildman–Crippen LogP) is 1.31. The number of carbonyl (C=O) groups is 1. The average molecular weight is 177 g/mol. The van der Waals surface area contributed by atoms with E-state index in [-0.39, 0.29) is 5.91 Å². The Bertz CT molecular complexity index is 262. The second-order valence-corrected chi connectivity index (χ2v) is 3.99. The lowest BCUT2D eigenvalue weighted by Gasteiger charge is -2.04. The number of fused-ring (bicyclic) bond motifs is 1. The van der Waals surface area contributed by atoms with Crippen molar-refractivity contribution in [2.45, 2.75) is 38.6 Å². The molecule has 2 saturated carbocycles. The van der Waals surface area contributed by atoms with Crippen LogP contribution in [-0.2, 0) is 4.79 Å². The Hall–Kier alpha value is -0.970. The van der Waals surface area contributed by atoms with E-state index in [9.17, 15) is 4.79 Å². The number of hydrogen-bond acceptors (Lipinski definition) is 1. The van der Waals surface area contributed by atoms with Gasteiger partial charge in [0, 0.05) is 6.04 Å². The summed E-state index contributed by atoms with van der Waals surface area (Å²) in [5.41, 5.74) is 0. The van der Waals surface area contributed by atoms with Crippen LogP contribution >= 0.6 is 0 Å². The molecular formula is C11H15NO. The van der Waals surface area contributed by atoms with Gasteiger partial charge in [0.2, 0.25) is 0 Å². The van der Waals surface area contributed by atoms with Crippen molar-refractivity contribution in [2.75, 3.05) is 0 Å². The number of amides is 1. The molecule has 0 aliphatic heterocycles. The monoisotopic (exact) mass is 177 g/mol. The van der Waals surface area contributed by atoms with E-state index >= 15 is 0 Å². The van der Waals surface area contributed by atoms with Gasteiger partial charge in [-0.2, -0.15) is 0 Å². The number of nitrogens with one attached hydrogen (secondary N) is 1. The Labute approximate surface area is 79.1 Å². The largest absolute Gasteiger partial charge is 0.342 e. The van der Waals surface area contributed by atoms with Crippen molar-refractivity contribution in [1.82, 2.24) is 5.32 Å². The van der Waals surface area contributed by atoms with Crippen LogP contribution in [0.1, 0.15) is 32.6 Å². The highest BCUT2D eigenvalue weighted by atomic mass is 16.1. The fourth-order valence-corrected chi connectivity index (χ4v) is 2.51. The minimum atomic E-state index is -0.0955. The summed E-state index contributed by atoms with van der Waals surface area (Å²) in [5.74, 6) is 6.60. The Kier molecular flexibility index (Phi) is 2.26. The predicted molar refractivity (Wildman–Crippen MR) is 50.8 cm³/mol. The topological polar surface area (TPSA) is 29.1 Å². The zero-order valence-electron chi connectivity index (χ0n) is 7.97. The van der Waals surface area contributed by atoms with Crippen molar-refractivity contribution in [1.29, 1.82) is 0 Å². The average Bonchev–Trinajstić information content (AvgIpc) is 2.80. The second kappa shape index (κ2) is 3.41. The van der Waals surface area contributed by atoms with Gasteiger partial charge in [-0.25, -0.2) is 0 Å². The zero-order valence-corrected chi connectivity index (χ0v) is 7.97. The smallest absolute Gasteiger partial charge is 0.296 e. The van der Waals surface area contributed by atoms with Crippen LogP contribution in [0.4, 0.5) is 0 Å². The summed E-state index contributed by atoms with van der Waals surface area (Å²) in [6.07, 6.45) is 5.28. The second-order valence-electron chi connectivity index (χ2n) is 3.99. The lowest BCUT2D eigenvalue weighted by molar-refractivity contribution is -0.115. The highest BCUT2D eigenvalue weighted by Crippen LogP contribution is 2.49. The summed E-state index contributed by atoms with van der Waals surface area (Å²) >= 11 is 0. The SMILES string of the molecule is CC#CC(=O)NC1C2CCCCC21. The van der Waals surface area contributed by atoms with Crippen molar-refractivity contribution in [3.05, 3.63) is 0 Å². The summed E-state index contributed by atoms with van der Waals surface area (Å²) < 4.78 is 0. The van der Waals surface area contributed by atoms with Gasteiger partial charge < -0.3 is 5.32 Å². The molecule has 2 fully saturated rings. The van der Waals surface area contributed by atoms with Crippen LogP contribution in [0.15, 0.2) is 0 Å². The summed E-state index contributed by atoms with van der Waals surface area (Å²) in [4.78, 5) is 11.2. The van der Waals surface area contributed by atoms with Crippen molar-refractivity contribution >= 4 is 5.91 Å². The molecule has 2 aliphatic carbocycles. The van der Waals surface area contributed by atoms with Gasteiger partial charge in [0.15, 0.2) is 0 Å². The van der Waals surface area contributed by atoms with Gasteiger partial charge in [-0.1, -0.05) is 18.8 Å². The van der Waals surface area contributed by atoms with Crippen molar-refractivity contribution in [2.24, 2.45) is 11.8 Å². The highest BCUT2D eigenvalue weighted by Gasteiger charge is 2.51. The molecule has 0 aromatic carbocycles. The highest BCUT2D eigenvalue weighted by molar-refractivity contribution is 5.93. The molecule has 0 aromatic heterocycles. The molecule has 0 bridgehead atoms. The van der Waals surface area contributed by atoms with E-state index in [1.54, 1.807) is 6.92 Å². The molecule has 2 nitrogen and oxygen atoms in total. The van der Waals surface area contributed by atoms with Crippen LogP contribution in [0.2, 0.25) is 0 Å². The van der Waals surface area contributed by atoms with E-state index < -0.39 is 0 Å². The first kappa shape index (κ1) is 8.62. The van der Waals surface area contributed by atoms with E-state index in [1.807, 2.05) is 0 Å². The minimum absolute atomic E-state index is 0.0955. The number of carbonyl (C=O) groups excluding carboxylic acids is 1. The number of rotatable bonds is 1. The van der Waals surface area contributed by atoms with Gasteiger partial charge in [-0.05, 0) is 37.5 Å². The zero-order chi connectivity index (χ0) is 9.26. The van der Waals surface area contributed by atoms with E-state index in [0.717, 1.165) is 11.8 Å². The Morgan fingerprint density at radius 2 is 1.92 bits per heavy atom. The van der Waals surface area contributed by atoms with Gasteiger partial charge >= 0.3 is 0 Å². The molecule has 70 valence electrons. The van der Waals surface area contributed by atoms with E-state index in [4.69, 9.17) is 0 Å². The molecule has 0 saturated heterocycles. The van der Waals surface area contributed by atoms with Crippen LogP contribution in [-0.4, -0.2) is 11.9 Å². The van der Waals surface area contributed by atoms with Crippen LogP contribution in [0.25, 0.3) is 0 Å². The molecule has 2 aliphatic rings. The number of hydrogen-bond donors (Lipinski definition) is 1. The summed E-state index contributed by atoms with van der Waals surface area (Å²) in [7, 11) is 0. The minimum Gasteiger partial charge on any atom is -0.342 e. The van der Waals surface area contributed by atoms with E-state index in [2.05, 4.69) is 17.2 Å². The molecule has 0 aromatic rings.